The highest BCUT2D eigenvalue weighted by atomic mass is 35.5. The number of hydrogen-bond acceptors (Lipinski definition) is 5. The lowest BCUT2D eigenvalue weighted by atomic mass is 9.58. The van der Waals surface area contributed by atoms with Gasteiger partial charge in [0.1, 0.15) is 5.75 Å². The van der Waals surface area contributed by atoms with E-state index in [0.717, 1.165) is 36.6 Å². The first-order valence-corrected chi connectivity index (χ1v) is 14.0. The molecule has 0 spiro atoms. The minimum Gasteiger partial charge on any atom is -0.494 e. The first-order valence-electron chi connectivity index (χ1n) is 11.8. The lowest BCUT2D eigenvalue weighted by Gasteiger charge is -2.50. The number of benzene rings is 2. The molecule has 1 atom stereocenters. The van der Waals surface area contributed by atoms with E-state index in [1.165, 1.54) is 37.0 Å². The second kappa shape index (κ2) is 10.8. The van der Waals surface area contributed by atoms with Crippen molar-refractivity contribution < 1.29 is 18.3 Å². The molecule has 1 fully saturated rings. The van der Waals surface area contributed by atoms with Crippen molar-refractivity contribution in [3.05, 3.63) is 64.2 Å². The molecule has 2 N–H and O–H groups in total. The molecule has 2 aromatic carbocycles. The summed E-state index contributed by atoms with van der Waals surface area (Å²) in [5, 5.41) is 14.3. The third-order valence-electron chi connectivity index (χ3n) is 6.83. The Morgan fingerprint density at radius 3 is 2.50 bits per heavy atom. The highest BCUT2D eigenvalue weighted by Gasteiger charge is 2.47. The van der Waals surface area contributed by atoms with Gasteiger partial charge in [-0.2, -0.15) is 0 Å². The van der Waals surface area contributed by atoms with E-state index in [2.05, 4.69) is 29.6 Å². The van der Waals surface area contributed by atoms with Crippen LogP contribution in [0.3, 0.4) is 0 Å². The molecule has 0 aromatic heterocycles. The Morgan fingerprint density at radius 2 is 1.88 bits per heavy atom. The maximum absolute atomic E-state index is 12.2. The number of halogens is 2. The first kappa shape index (κ1) is 27.3. The van der Waals surface area contributed by atoms with Crippen molar-refractivity contribution in [2.75, 3.05) is 24.7 Å². The smallest absolute Gasteiger partial charge is 0.153 e. The maximum Gasteiger partial charge on any atom is 0.153 e. The summed E-state index contributed by atoms with van der Waals surface area (Å²) >= 11 is 6.15. The Bertz CT molecular complexity index is 1080. The van der Waals surface area contributed by atoms with Gasteiger partial charge in [-0.25, -0.2) is 8.42 Å². The number of nitrogens with one attached hydrogen (secondary N) is 1. The van der Waals surface area contributed by atoms with Gasteiger partial charge >= 0.3 is 0 Å². The molecule has 0 saturated heterocycles. The van der Waals surface area contributed by atoms with Crippen molar-refractivity contribution in [1.82, 2.24) is 5.32 Å². The zero-order valence-corrected chi connectivity index (χ0v) is 22.2. The van der Waals surface area contributed by atoms with Crippen LogP contribution in [0.5, 0.6) is 5.75 Å². The lowest BCUT2D eigenvalue weighted by molar-refractivity contribution is 0.105. The van der Waals surface area contributed by atoms with E-state index in [1.807, 2.05) is 18.2 Å². The number of fused-ring (bicyclic) bond motifs is 1. The summed E-state index contributed by atoms with van der Waals surface area (Å²) in [5.41, 5.74) is 2.79. The molecule has 0 radical (unpaired) electrons. The second-order valence-electron chi connectivity index (χ2n) is 10.1. The van der Waals surface area contributed by atoms with E-state index in [4.69, 9.17) is 16.3 Å². The zero-order chi connectivity index (χ0) is 23.7. The van der Waals surface area contributed by atoms with Crippen molar-refractivity contribution in [2.24, 2.45) is 0 Å². The first-order chi connectivity index (χ1) is 15.6. The van der Waals surface area contributed by atoms with Crippen LogP contribution in [0.2, 0.25) is 5.02 Å². The molecule has 2 aromatic rings. The average Bonchev–Trinajstić information content (AvgIpc) is 2.70. The fourth-order valence-electron chi connectivity index (χ4n) is 5.28. The van der Waals surface area contributed by atoms with Crippen LogP contribution in [-0.4, -0.2) is 43.8 Å². The Balaban J connectivity index is 0.00000324. The fraction of sp³-hybridized carbons (Fsp3) is 0.538. The molecule has 1 unspecified atom stereocenters. The summed E-state index contributed by atoms with van der Waals surface area (Å²) in [4.78, 5) is 0. The predicted molar refractivity (Wildman–Crippen MR) is 140 cm³/mol. The van der Waals surface area contributed by atoms with E-state index in [1.54, 1.807) is 0 Å². The maximum atomic E-state index is 12.2. The van der Waals surface area contributed by atoms with Gasteiger partial charge in [-0.1, -0.05) is 36.2 Å². The minimum absolute atomic E-state index is 0. The molecular weight excluding hydrogens is 493 g/mol. The summed E-state index contributed by atoms with van der Waals surface area (Å²) in [6, 6.07) is 14.8. The van der Waals surface area contributed by atoms with Gasteiger partial charge in [0.25, 0.3) is 0 Å². The van der Waals surface area contributed by atoms with Gasteiger partial charge in [-0.15, -0.1) is 12.4 Å². The van der Waals surface area contributed by atoms with Crippen molar-refractivity contribution in [3.8, 4) is 5.75 Å². The summed E-state index contributed by atoms with van der Waals surface area (Å²) in [6.07, 6.45) is 4.86. The van der Waals surface area contributed by atoms with Crippen molar-refractivity contribution in [2.45, 2.75) is 63.0 Å². The Hall–Kier alpha value is -1.31. The molecule has 34 heavy (non-hydrogen) atoms. The van der Waals surface area contributed by atoms with Gasteiger partial charge in [0, 0.05) is 16.5 Å². The molecule has 1 heterocycles. The number of sulfone groups is 1. The Morgan fingerprint density at radius 1 is 1.18 bits per heavy atom. The van der Waals surface area contributed by atoms with Crippen molar-refractivity contribution >= 4 is 33.8 Å². The minimum atomic E-state index is -3.32. The van der Waals surface area contributed by atoms with Crippen molar-refractivity contribution in [3.63, 3.8) is 0 Å². The fourth-order valence-corrected chi connectivity index (χ4v) is 7.18. The van der Waals surface area contributed by atoms with Gasteiger partial charge in [0.05, 0.1) is 23.7 Å². The highest BCUT2D eigenvalue weighted by Crippen LogP contribution is 2.53. The van der Waals surface area contributed by atoms with Crippen LogP contribution < -0.4 is 10.1 Å². The van der Waals surface area contributed by atoms with Crippen LogP contribution in [0.25, 0.3) is 0 Å². The molecular formula is C26H35Cl2NO4S. The van der Waals surface area contributed by atoms with Crippen LogP contribution in [0.1, 0.15) is 62.3 Å². The van der Waals surface area contributed by atoms with E-state index >= 15 is 0 Å². The summed E-state index contributed by atoms with van der Waals surface area (Å²) in [7, 11) is -3.32. The van der Waals surface area contributed by atoms with Gasteiger partial charge in [-0.3, -0.25) is 0 Å². The summed E-state index contributed by atoms with van der Waals surface area (Å²) in [5.74, 6) is 0.540. The Kier molecular flexibility index (Phi) is 8.63. The molecule has 1 saturated carbocycles. The molecule has 0 amide bonds. The average molecular weight is 529 g/mol. The molecule has 2 aliphatic rings. The second-order valence-corrected chi connectivity index (χ2v) is 12.7. The quantitative estimate of drug-likeness (QED) is 0.447. The van der Waals surface area contributed by atoms with Crippen LogP contribution in [-0.2, 0) is 21.7 Å². The normalized spacial score (nSPS) is 19.5. The number of hydrogen-bond donors (Lipinski definition) is 2. The third kappa shape index (κ3) is 6.27. The number of ether oxygens (including phenoxy) is 1. The molecule has 0 bridgehead atoms. The van der Waals surface area contributed by atoms with Crippen molar-refractivity contribution in [1.29, 1.82) is 0 Å². The predicted octanol–water partition coefficient (Wildman–Crippen LogP) is 5.03. The summed E-state index contributed by atoms with van der Waals surface area (Å²) < 4.78 is 30.3. The highest BCUT2D eigenvalue weighted by molar-refractivity contribution is 7.91. The standard InChI is InChI=1S/C26H34ClNO4S.ClH/c1-25(2,29)18-33(30,31)16-4-15-32-22-10-5-19-11-14-28-24(23(19)17-22)26(12-3-13-26)20-6-8-21(27)9-7-20;/h5-10,17,24,28-29H,3-4,11-16,18H2,1-2H3;1H. The zero-order valence-electron chi connectivity index (χ0n) is 19.8. The van der Waals surface area contributed by atoms with E-state index in [9.17, 15) is 13.5 Å². The van der Waals surface area contributed by atoms with Crippen LogP contribution in [0.4, 0.5) is 0 Å². The van der Waals surface area contributed by atoms with Gasteiger partial charge in [0.15, 0.2) is 9.84 Å². The number of aliphatic hydroxyl groups is 1. The molecule has 4 rings (SSSR count). The Labute approximate surface area is 214 Å². The van der Waals surface area contributed by atoms with Crippen LogP contribution in [0, 0.1) is 0 Å². The van der Waals surface area contributed by atoms with E-state index in [0.29, 0.717) is 13.0 Å². The molecule has 1 aliphatic heterocycles. The van der Waals surface area contributed by atoms with Crippen LogP contribution in [0.15, 0.2) is 42.5 Å². The topological polar surface area (TPSA) is 75.6 Å². The van der Waals surface area contributed by atoms with Gasteiger partial charge in [-0.05, 0) is 87.0 Å². The molecule has 8 heteroatoms. The molecule has 188 valence electrons. The summed E-state index contributed by atoms with van der Waals surface area (Å²) in [6.45, 7) is 4.30. The van der Waals surface area contributed by atoms with Crippen LogP contribution >= 0.6 is 24.0 Å². The van der Waals surface area contributed by atoms with Gasteiger partial charge < -0.3 is 15.2 Å². The SMILES string of the molecule is CC(C)(O)CS(=O)(=O)CCCOc1ccc2c(c1)C(C1(c3ccc(Cl)cc3)CCC1)NCC2.Cl. The molecule has 5 nitrogen and oxygen atoms in total. The number of rotatable bonds is 9. The van der Waals surface area contributed by atoms with Gasteiger partial charge in [0.2, 0.25) is 0 Å². The third-order valence-corrected chi connectivity index (χ3v) is 9.14. The van der Waals surface area contributed by atoms with E-state index in [-0.39, 0.29) is 35.4 Å². The monoisotopic (exact) mass is 527 g/mol. The molecule has 1 aliphatic carbocycles. The lowest BCUT2D eigenvalue weighted by Crippen LogP contribution is -2.49. The largest absolute Gasteiger partial charge is 0.494 e. The van der Waals surface area contributed by atoms with E-state index < -0.39 is 15.4 Å².